The van der Waals surface area contributed by atoms with Gasteiger partial charge in [-0.2, -0.15) is 0 Å². The second-order valence-electron chi connectivity index (χ2n) is 10.5. The highest BCUT2D eigenvalue weighted by Crippen LogP contribution is 2.32. The van der Waals surface area contributed by atoms with E-state index in [0.717, 1.165) is 42.1 Å². The van der Waals surface area contributed by atoms with E-state index in [-0.39, 0.29) is 5.56 Å². The summed E-state index contributed by atoms with van der Waals surface area (Å²) < 4.78 is 16.8. The molecule has 0 amide bonds. The fourth-order valence-electron chi connectivity index (χ4n) is 5.66. The molecular formula is C32H31ClN8O3S. The van der Waals surface area contributed by atoms with E-state index >= 15 is 0 Å². The van der Waals surface area contributed by atoms with Crippen LogP contribution in [0.25, 0.3) is 28.1 Å². The van der Waals surface area contributed by atoms with Crippen molar-refractivity contribution in [3.8, 4) is 17.1 Å². The summed E-state index contributed by atoms with van der Waals surface area (Å²) in [4.78, 5) is 16.0. The molecule has 0 saturated carbocycles. The van der Waals surface area contributed by atoms with Crippen LogP contribution in [0.2, 0.25) is 5.02 Å². The zero-order chi connectivity index (χ0) is 30.9. The number of fused-ring (bicyclic) bond motifs is 3. The molecule has 4 heterocycles. The number of hydrogen-bond acceptors (Lipinski definition) is 9. The number of aryl methyl sites for hydroxylation is 1. The average Bonchev–Trinajstić information content (AvgIpc) is 3.69. The van der Waals surface area contributed by atoms with Gasteiger partial charge in [0, 0.05) is 18.1 Å². The lowest BCUT2D eigenvalue weighted by Crippen LogP contribution is -2.38. The second kappa shape index (κ2) is 12.5. The Morgan fingerprint density at radius 3 is 2.51 bits per heavy atom. The van der Waals surface area contributed by atoms with Gasteiger partial charge in [0.1, 0.15) is 11.6 Å². The van der Waals surface area contributed by atoms with E-state index < -0.39 is 0 Å². The maximum absolute atomic E-state index is 13.8. The van der Waals surface area contributed by atoms with Crippen LogP contribution in [-0.2, 0) is 16.9 Å². The van der Waals surface area contributed by atoms with E-state index in [1.165, 1.54) is 17.3 Å². The van der Waals surface area contributed by atoms with Crippen LogP contribution in [0.5, 0.6) is 5.75 Å². The minimum atomic E-state index is -0.212. The second-order valence-corrected chi connectivity index (χ2v) is 11.8. The Labute approximate surface area is 268 Å². The highest BCUT2D eigenvalue weighted by Gasteiger charge is 2.24. The van der Waals surface area contributed by atoms with E-state index in [0.29, 0.717) is 58.8 Å². The summed E-state index contributed by atoms with van der Waals surface area (Å²) in [5.41, 5.74) is 3.32. The van der Waals surface area contributed by atoms with Gasteiger partial charge in [0.2, 0.25) is 11.7 Å². The Bertz CT molecular complexity index is 2050. The molecule has 0 unspecified atom stereocenters. The maximum atomic E-state index is 13.8. The number of aromatic nitrogens is 7. The summed E-state index contributed by atoms with van der Waals surface area (Å²) in [5, 5.41) is 20.1. The number of ether oxygens (including phenoxy) is 2. The van der Waals surface area contributed by atoms with Crippen LogP contribution in [0.15, 0.2) is 76.7 Å². The van der Waals surface area contributed by atoms with E-state index in [9.17, 15) is 4.79 Å². The number of para-hydroxylation sites is 1. The molecule has 11 nitrogen and oxygen atoms in total. The molecule has 0 spiro atoms. The van der Waals surface area contributed by atoms with Gasteiger partial charge in [0.25, 0.3) is 5.56 Å². The van der Waals surface area contributed by atoms with Crippen LogP contribution in [0.3, 0.4) is 0 Å². The molecule has 0 N–H and O–H groups in total. The van der Waals surface area contributed by atoms with Crippen molar-refractivity contribution in [3.05, 3.63) is 93.5 Å². The minimum absolute atomic E-state index is 0.212. The fraction of sp³-hybridized carbons (Fsp3) is 0.281. The molecule has 3 aromatic carbocycles. The monoisotopic (exact) mass is 642 g/mol. The zero-order valence-corrected chi connectivity index (χ0v) is 26.5. The third-order valence-electron chi connectivity index (χ3n) is 7.81. The molecular weight excluding hydrogens is 612 g/mol. The Morgan fingerprint density at radius 2 is 1.73 bits per heavy atom. The lowest BCUT2D eigenvalue weighted by molar-refractivity contribution is 0.122. The quantitative estimate of drug-likeness (QED) is 0.193. The van der Waals surface area contributed by atoms with E-state index in [4.69, 9.17) is 21.1 Å². The number of anilines is 1. The third kappa shape index (κ3) is 5.43. The number of morpholine rings is 1. The first-order valence-electron chi connectivity index (χ1n) is 14.9. The Hall–Kier alpha value is -4.39. The third-order valence-corrected chi connectivity index (χ3v) is 8.97. The smallest absolute Gasteiger partial charge is 0.267 e. The molecule has 0 atom stereocenters. The first kappa shape index (κ1) is 29.3. The zero-order valence-electron chi connectivity index (χ0n) is 24.9. The molecule has 0 bridgehead atoms. The van der Waals surface area contributed by atoms with Gasteiger partial charge in [-0.05, 0) is 67.4 Å². The van der Waals surface area contributed by atoms with Gasteiger partial charge >= 0.3 is 0 Å². The molecule has 45 heavy (non-hydrogen) atoms. The largest absolute Gasteiger partial charge is 0.494 e. The maximum Gasteiger partial charge on any atom is 0.267 e. The normalized spacial score (nSPS) is 13.6. The molecule has 0 aliphatic carbocycles. The summed E-state index contributed by atoms with van der Waals surface area (Å²) >= 11 is 7.96. The van der Waals surface area contributed by atoms with Crippen molar-refractivity contribution in [2.75, 3.05) is 37.8 Å². The molecule has 1 saturated heterocycles. The lowest BCUT2D eigenvalue weighted by atomic mass is 10.1. The van der Waals surface area contributed by atoms with Gasteiger partial charge in [-0.15, -0.1) is 20.4 Å². The van der Waals surface area contributed by atoms with Crippen molar-refractivity contribution < 1.29 is 9.47 Å². The first-order valence-corrected chi connectivity index (χ1v) is 16.2. The lowest BCUT2D eigenvalue weighted by Gasteiger charge is -2.28. The van der Waals surface area contributed by atoms with Gasteiger partial charge in [-0.1, -0.05) is 48.5 Å². The van der Waals surface area contributed by atoms with Crippen molar-refractivity contribution in [1.29, 1.82) is 0 Å². The molecule has 6 aromatic rings. The van der Waals surface area contributed by atoms with Gasteiger partial charge in [-0.25, -0.2) is 4.57 Å². The van der Waals surface area contributed by atoms with Crippen LogP contribution in [0.1, 0.15) is 25.2 Å². The summed E-state index contributed by atoms with van der Waals surface area (Å²) in [6.07, 6.45) is 0.867. The molecule has 7 rings (SSSR count). The number of halogens is 1. The van der Waals surface area contributed by atoms with Crippen LogP contribution in [0.4, 0.5) is 5.95 Å². The van der Waals surface area contributed by atoms with Crippen LogP contribution >= 0.6 is 23.4 Å². The van der Waals surface area contributed by atoms with E-state index in [1.807, 2.05) is 41.7 Å². The van der Waals surface area contributed by atoms with Crippen molar-refractivity contribution in [1.82, 2.24) is 33.9 Å². The Kier molecular flexibility index (Phi) is 8.18. The van der Waals surface area contributed by atoms with Gasteiger partial charge < -0.3 is 14.4 Å². The van der Waals surface area contributed by atoms with Crippen molar-refractivity contribution in [2.24, 2.45) is 0 Å². The Balaban J connectivity index is 1.33. The molecule has 1 aliphatic heterocycles. The molecule has 3 aromatic heterocycles. The number of nitrogens with zero attached hydrogens (tertiary/aromatic N) is 8. The van der Waals surface area contributed by atoms with Crippen molar-refractivity contribution in [2.45, 2.75) is 31.2 Å². The SMILES string of the molecule is CCOc1ccc(-n2c(=O)c3ccc(Cl)cc3n3c(CSc4nnc(N5CCOCC5)n4-c4ccccc4CC)nnc23)cc1. The Morgan fingerprint density at radius 1 is 0.933 bits per heavy atom. The number of thioether (sulfide) groups is 1. The van der Waals surface area contributed by atoms with Gasteiger partial charge in [0.15, 0.2) is 5.16 Å². The van der Waals surface area contributed by atoms with Crippen molar-refractivity contribution in [3.63, 3.8) is 0 Å². The number of hydrogen-bond donors (Lipinski definition) is 0. The van der Waals surface area contributed by atoms with Crippen LogP contribution < -0.4 is 15.2 Å². The molecule has 13 heteroatoms. The standard InChI is InChI=1S/C32H31ClN8O3S/c1-3-21-7-5-6-8-26(21)41-30(38-15-17-43-18-16-38)35-37-32(41)45-20-28-34-36-31-39(23-10-12-24(13-11-23)44-4-2)29(42)25-14-9-22(33)19-27(25)40(28)31/h5-14,19H,3-4,15-18,20H2,1-2H3. The summed E-state index contributed by atoms with van der Waals surface area (Å²) in [7, 11) is 0. The highest BCUT2D eigenvalue weighted by molar-refractivity contribution is 7.98. The van der Waals surface area contributed by atoms with E-state index in [1.54, 1.807) is 22.8 Å². The highest BCUT2D eigenvalue weighted by atomic mass is 35.5. The van der Waals surface area contributed by atoms with Crippen LogP contribution in [0, 0.1) is 0 Å². The molecule has 0 radical (unpaired) electrons. The summed E-state index contributed by atoms with van der Waals surface area (Å²) in [5.74, 6) is 2.96. The number of benzene rings is 3. The topological polar surface area (TPSA) is 105 Å². The van der Waals surface area contributed by atoms with Gasteiger partial charge in [0.05, 0.1) is 47.9 Å². The van der Waals surface area contributed by atoms with Crippen LogP contribution in [-0.4, -0.2) is 66.8 Å². The predicted molar refractivity (Wildman–Crippen MR) is 176 cm³/mol. The molecule has 230 valence electrons. The predicted octanol–water partition coefficient (Wildman–Crippen LogP) is 5.36. The first-order chi connectivity index (χ1) is 22.1. The minimum Gasteiger partial charge on any atom is -0.494 e. The fourth-order valence-corrected chi connectivity index (χ4v) is 6.68. The summed E-state index contributed by atoms with van der Waals surface area (Å²) in [6.45, 7) is 7.39. The average molecular weight is 643 g/mol. The number of rotatable bonds is 9. The molecule has 1 aliphatic rings. The van der Waals surface area contributed by atoms with Gasteiger partial charge in [-0.3, -0.25) is 13.8 Å². The van der Waals surface area contributed by atoms with Crippen molar-refractivity contribution >= 4 is 46.0 Å². The van der Waals surface area contributed by atoms with E-state index in [2.05, 4.69) is 55.0 Å². The summed E-state index contributed by atoms with van der Waals surface area (Å²) in [6, 6.07) is 20.9. The molecule has 1 fully saturated rings.